The highest BCUT2D eigenvalue weighted by Crippen LogP contribution is 2.24. The molecule has 2 heterocycles. The SMILES string of the molecule is C=CCO[C@H]1O[C@H](Cn2cc(-c3ccc(OC)cc3)nn2)[C@H](O)[C@H](O)[C@H]1NC(C)=O. The second-order valence-corrected chi connectivity index (χ2v) is 6.93. The van der Waals surface area contributed by atoms with Gasteiger partial charge in [0.25, 0.3) is 0 Å². The normalized spacial score (nSPS) is 26.2. The Morgan fingerprint density at radius 2 is 2.07 bits per heavy atom. The summed E-state index contributed by atoms with van der Waals surface area (Å²) >= 11 is 0. The number of carbonyl (C=O) groups is 1. The van der Waals surface area contributed by atoms with Crippen LogP contribution in [0.3, 0.4) is 0 Å². The molecule has 5 atom stereocenters. The second kappa shape index (κ2) is 9.81. The van der Waals surface area contributed by atoms with Crippen LogP contribution in [0.4, 0.5) is 0 Å². The van der Waals surface area contributed by atoms with Crippen molar-refractivity contribution in [3.05, 3.63) is 43.1 Å². The summed E-state index contributed by atoms with van der Waals surface area (Å²) in [4.78, 5) is 11.5. The molecule has 0 aliphatic carbocycles. The van der Waals surface area contributed by atoms with Crippen molar-refractivity contribution in [2.45, 2.75) is 44.1 Å². The lowest BCUT2D eigenvalue weighted by atomic mass is 9.96. The van der Waals surface area contributed by atoms with Crippen LogP contribution < -0.4 is 10.1 Å². The van der Waals surface area contributed by atoms with Gasteiger partial charge in [-0.05, 0) is 24.3 Å². The molecular weight excluding hydrogens is 392 g/mol. The lowest BCUT2D eigenvalue weighted by Crippen LogP contribution is -2.64. The van der Waals surface area contributed by atoms with Crippen LogP contribution in [-0.4, -0.2) is 75.5 Å². The highest BCUT2D eigenvalue weighted by Gasteiger charge is 2.45. The first-order valence-electron chi connectivity index (χ1n) is 9.48. The van der Waals surface area contributed by atoms with Gasteiger partial charge in [0, 0.05) is 12.5 Å². The van der Waals surface area contributed by atoms with Crippen molar-refractivity contribution >= 4 is 5.91 Å². The highest BCUT2D eigenvalue weighted by molar-refractivity contribution is 5.73. The number of benzene rings is 1. The molecule has 162 valence electrons. The number of hydrogen-bond donors (Lipinski definition) is 3. The first kappa shape index (κ1) is 21.9. The van der Waals surface area contributed by atoms with Crippen molar-refractivity contribution in [2.75, 3.05) is 13.7 Å². The van der Waals surface area contributed by atoms with Crippen molar-refractivity contribution in [3.63, 3.8) is 0 Å². The predicted octanol–water partition coefficient (Wildman–Crippen LogP) is 0.108. The van der Waals surface area contributed by atoms with E-state index in [4.69, 9.17) is 14.2 Å². The van der Waals surface area contributed by atoms with Crippen LogP contribution in [0, 0.1) is 0 Å². The maximum atomic E-state index is 11.5. The molecule has 1 aromatic heterocycles. The van der Waals surface area contributed by atoms with E-state index in [1.54, 1.807) is 13.3 Å². The number of aliphatic hydroxyl groups excluding tert-OH is 2. The van der Waals surface area contributed by atoms with Gasteiger partial charge in [-0.15, -0.1) is 11.7 Å². The van der Waals surface area contributed by atoms with E-state index in [-0.39, 0.29) is 19.1 Å². The molecule has 1 amide bonds. The second-order valence-electron chi connectivity index (χ2n) is 6.93. The monoisotopic (exact) mass is 418 g/mol. The quantitative estimate of drug-likeness (QED) is 0.516. The number of methoxy groups -OCH3 is 1. The zero-order chi connectivity index (χ0) is 21.7. The van der Waals surface area contributed by atoms with Crippen molar-refractivity contribution in [3.8, 4) is 17.0 Å². The first-order valence-corrected chi connectivity index (χ1v) is 9.48. The van der Waals surface area contributed by atoms with Gasteiger partial charge in [-0.1, -0.05) is 11.3 Å². The summed E-state index contributed by atoms with van der Waals surface area (Å²) in [5, 5.41) is 31.8. The molecular formula is C20H26N4O6. The molecule has 1 aromatic carbocycles. The number of ether oxygens (including phenoxy) is 3. The van der Waals surface area contributed by atoms with E-state index in [0.717, 1.165) is 11.3 Å². The van der Waals surface area contributed by atoms with E-state index in [2.05, 4.69) is 22.2 Å². The van der Waals surface area contributed by atoms with Crippen molar-refractivity contribution in [1.82, 2.24) is 20.3 Å². The van der Waals surface area contributed by atoms with Crippen LogP contribution in [0.1, 0.15) is 6.92 Å². The van der Waals surface area contributed by atoms with Crippen LogP contribution in [0.2, 0.25) is 0 Å². The maximum Gasteiger partial charge on any atom is 0.217 e. The third-order valence-corrected chi connectivity index (χ3v) is 4.74. The Morgan fingerprint density at radius 3 is 2.70 bits per heavy atom. The van der Waals surface area contributed by atoms with Crippen LogP contribution in [-0.2, 0) is 20.8 Å². The minimum absolute atomic E-state index is 0.127. The molecule has 1 fully saturated rings. The molecule has 1 saturated heterocycles. The molecule has 0 unspecified atom stereocenters. The van der Waals surface area contributed by atoms with Crippen molar-refractivity contribution in [2.24, 2.45) is 0 Å². The van der Waals surface area contributed by atoms with Gasteiger partial charge < -0.3 is 29.7 Å². The van der Waals surface area contributed by atoms with Crippen LogP contribution in [0.25, 0.3) is 11.3 Å². The number of aliphatic hydroxyl groups is 2. The smallest absolute Gasteiger partial charge is 0.217 e. The molecule has 1 aliphatic heterocycles. The minimum Gasteiger partial charge on any atom is -0.497 e. The van der Waals surface area contributed by atoms with E-state index in [0.29, 0.717) is 5.69 Å². The molecule has 0 bridgehead atoms. The Bertz CT molecular complexity index is 855. The van der Waals surface area contributed by atoms with Gasteiger partial charge >= 0.3 is 0 Å². The Balaban J connectivity index is 1.72. The fourth-order valence-electron chi connectivity index (χ4n) is 3.24. The lowest BCUT2D eigenvalue weighted by Gasteiger charge is -2.42. The zero-order valence-corrected chi connectivity index (χ0v) is 16.8. The van der Waals surface area contributed by atoms with Gasteiger partial charge in [-0.2, -0.15) is 0 Å². The lowest BCUT2D eigenvalue weighted by molar-refractivity contribution is -0.264. The predicted molar refractivity (Wildman–Crippen MR) is 106 cm³/mol. The van der Waals surface area contributed by atoms with Crippen LogP contribution in [0.15, 0.2) is 43.1 Å². The fraction of sp³-hybridized carbons (Fsp3) is 0.450. The Morgan fingerprint density at radius 1 is 1.33 bits per heavy atom. The van der Waals surface area contributed by atoms with Gasteiger partial charge in [0.15, 0.2) is 6.29 Å². The molecule has 0 saturated carbocycles. The number of hydrogen-bond acceptors (Lipinski definition) is 8. The molecule has 3 rings (SSSR count). The van der Waals surface area contributed by atoms with Crippen LogP contribution in [0.5, 0.6) is 5.75 Å². The standard InChI is InChI=1S/C20H26N4O6/c1-4-9-29-20-17(21-12(2)25)19(27)18(26)16(30-20)11-24-10-15(22-23-24)13-5-7-14(28-3)8-6-13/h4-8,10,16-20,26-27H,1,9,11H2,2-3H3,(H,21,25)/t16-,17-,18+,19-,20+/m1/s1. The molecule has 0 spiro atoms. The van der Waals surface area contributed by atoms with Gasteiger partial charge in [0.2, 0.25) is 5.91 Å². The summed E-state index contributed by atoms with van der Waals surface area (Å²) in [5.41, 5.74) is 1.49. The van der Waals surface area contributed by atoms with Gasteiger partial charge in [0.1, 0.15) is 35.8 Å². The van der Waals surface area contributed by atoms with Gasteiger partial charge in [-0.3, -0.25) is 4.79 Å². The Kier molecular flexibility index (Phi) is 7.16. The molecule has 1 aliphatic rings. The highest BCUT2D eigenvalue weighted by atomic mass is 16.7. The summed E-state index contributed by atoms with van der Waals surface area (Å²) in [6, 6.07) is 6.45. The zero-order valence-electron chi connectivity index (χ0n) is 16.8. The number of rotatable bonds is 8. The summed E-state index contributed by atoms with van der Waals surface area (Å²) in [6.45, 7) is 5.18. The number of carbonyl (C=O) groups excluding carboxylic acids is 1. The van der Waals surface area contributed by atoms with Crippen molar-refractivity contribution in [1.29, 1.82) is 0 Å². The molecule has 10 heteroatoms. The molecule has 2 aromatic rings. The number of amides is 1. The molecule has 0 radical (unpaired) electrons. The maximum absolute atomic E-state index is 11.5. The average Bonchev–Trinajstić information content (AvgIpc) is 3.21. The largest absolute Gasteiger partial charge is 0.497 e. The third-order valence-electron chi connectivity index (χ3n) is 4.74. The van der Waals surface area contributed by atoms with E-state index in [1.165, 1.54) is 17.7 Å². The Labute approximate surface area is 174 Å². The van der Waals surface area contributed by atoms with Crippen LogP contribution >= 0.6 is 0 Å². The third kappa shape index (κ3) is 5.03. The number of aromatic nitrogens is 3. The summed E-state index contributed by atoms with van der Waals surface area (Å²) in [5.74, 6) is 0.360. The first-order chi connectivity index (χ1) is 14.4. The van der Waals surface area contributed by atoms with Gasteiger partial charge in [0.05, 0.1) is 26.5 Å². The van der Waals surface area contributed by atoms with Gasteiger partial charge in [-0.25, -0.2) is 4.68 Å². The fourth-order valence-corrected chi connectivity index (χ4v) is 3.24. The van der Waals surface area contributed by atoms with E-state index in [9.17, 15) is 15.0 Å². The Hall–Kier alpha value is -2.79. The van der Waals surface area contributed by atoms with E-state index < -0.39 is 30.6 Å². The number of nitrogens with zero attached hydrogens (tertiary/aromatic N) is 3. The topological polar surface area (TPSA) is 128 Å². The van der Waals surface area contributed by atoms with Crippen molar-refractivity contribution < 1.29 is 29.2 Å². The molecule has 3 N–H and O–H groups in total. The average molecular weight is 418 g/mol. The molecule has 30 heavy (non-hydrogen) atoms. The summed E-state index contributed by atoms with van der Waals surface area (Å²) < 4.78 is 18.0. The van der Waals surface area contributed by atoms with E-state index in [1.807, 2.05) is 24.3 Å². The molecule has 10 nitrogen and oxygen atoms in total. The minimum atomic E-state index is -1.29. The van der Waals surface area contributed by atoms with E-state index >= 15 is 0 Å². The summed E-state index contributed by atoms with van der Waals surface area (Å²) in [6.07, 6.45) is -1.10. The number of nitrogens with one attached hydrogen (secondary N) is 1. The summed E-state index contributed by atoms with van der Waals surface area (Å²) in [7, 11) is 1.59.